The first-order chi connectivity index (χ1) is 37.2. The molecule has 0 saturated heterocycles. The molecule has 6 aromatic carbocycles. The van der Waals surface area contributed by atoms with E-state index in [9.17, 15) is 0 Å². The molecule has 0 radical (unpaired) electrons. The van der Waals surface area contributed by atoms with Crippen molar-refractivity contribution in [1.29, 1.82) is 0 Å². The van der Waals surface area contributed by atoms with Crippen LogP contribution in [0.5, 0.6) is 0 Å². The van der Waals surface area contributed by atoms with E-state index in [0.29, 0.717) is 0 Å². The van der Waals surface area contributed by atoms with Crippen LogP contribution in [0, 0.1) is 15.3 Å². The molecule has 78 heavy (non-hydrogen) atoms. The summed E-state index contributed by atoms with van der Waals surface area (Å²) in [6, 6.07) is 82.4. The van der Waals surface area contributed by atoms with Gasteiger partial charge in [0.25, 0.3) is 0 Å². The van der Waals surface area contributed by atoms with Gasteiger partial charge >= 0.3 is 17.1 Å². The summed E-state index contributed by atoms with van der Waals surface area (Å²) >= 11 is 43.3. The zero-order chi connectivity index (χ0) is 55.6. The number of hydrogen-bond acceptors (Lipinski definition) is 8. The van der Waals surface area contributed by atoms with Gasteiger partial charge in [0.05, 0.1) is 38.4 Å². The monoisotopic (exact) mass is 1310 g/mol. The van der Waals surface area contributed by atoms with Gasteiger partial charge < -0.3 is 20.6 Å². The summed E-state index contributed by atoms with van der Waals surface area (Å²) in [6.45, 7) is 0. The quantitative estimate of drug-likeness (QED) is 0.0501. The predicted molar refractivity (Wildman–Crippen MR) is 335 cm³/mol. The molecule has 21 heteroatoms. The van der Waals surface area contributed by atoms with Gasteiger partial charge in [0.1, 0.15) is 49.4 Å². The van der Waals surface area contributed by atoms with Gasteiger partial charge in [0.2, 0.25) is 0 Å². The number of nitrogens with zero attached hydrogens (tertiary/aromatic N) is 5. The van der Waals surface area contributed by atoms with Crippen LogP contribution in [-0.4, -0.2) is 38.8 Å². The molecule has 0 fully saturated rings. The smallest absolute Gasteiger partial charge is 0.358 e. The molecule has 1 N–H and O–H groups in total. The number of nitrogens with one attached hydrogen (secondary N) is 1. The molecular weight excluding hydrogens is 1260 g/mol. The van der Waals surface area contributed by atoms with Crippen molar-refractivity contribution in [2.24, 2.45) is 4.99 Å². The first kappa shape index (κ1) is 67.7. The number of aromatic nitrogens is 3. The van der Waals surface area contributed by atoms with Crippen LogP contribution in [0.15, 0.2) is 260 Å². The molecule has 2 atom stereocenters. The Bertz CT molecular complexity index is 2640. The summed E-state index contributed by atoms with van der Waals surface area (Å²) < 4.78 is -2.25. The summed E-state index contributed by atoms with van der Waals surface area (Å²) in [4.78, 5) is 26.4. The van der Waals surface area contributed by atoms with Crippen LogP contribution >= 0.6 is 120 Å². The van der Waals surface area contributed by atoms with Crippen LogP contribution in [-0.2, 0) is 17.1 Å². The maximum Gasteiger partial charge on any atom is 1.00 e. The third-order valence-corrected chi connectivity index (χ3v) is 15.6. The van der Waals surface area contributed by atoms with E-state index < -0.39 is 33.8 Å². The largest absolute Gasteiger partial charge is 1.00 e. The molecule has 0 spiro atoms. The minimum Gasteiger partial charge on any atom is -0.358 e. The topological polar surface area (TPSA) is 129 Å². The van der Waals surface area contributed by atoms with Gasteiger partial charge in [-0.2, -0.15) is 0 Å². The fourth-order valence-corrected chi connectivity index (χ4v) is 12.5. The van der Waals surface area contributed by atoms with Gasteiger partial charge in [-0.05, 0) is 109 Å². The van der Waals surface area contributed by atoms with E-state index in [2.05, 4.69) is 202 Å². The molecule has 0 aliphatic carbocycles. The Balaban J connectivity index is 0.000000269. The Morgan fingerprint density at radius 3 is 0.872 bits per heavy atom. The first-order valence-corrected chi connectivity index (χ1v) is 29.9. The Morgan fingerprint density at radius 1 is 0.385 bits per heavy atom. The van der Waals surface area contributed by atoms with E-state index in [0.717, 1.165) is 22.9 Å². The first-order valence-electron chi connectivity index (χ1n) is 23.0. The van der Waals surface area contributed by atoms with Crippen LogP contribution in [0.2, 0.25) is 0 Å². The summed E-state index contributed by atoms with van der Waals surface area (Å²) in [6.07, 6.45) is 5.35. The van der Waals surface area contributed by atoms with Gasteiger partial charge in [-0.25, -0.2) is 0 Å². The van der Waals surface area contributed by atoms with Crippen LogP contribution < -0.4 is 37.1 Å². The second-order valence-corrected chi connectivity index (χ2v) is 26.1. The van der Waals surface area contributed by atoms with Gasteiger partial charge in [-0.15, -0.1) is 0 Å². The van der Waals surface area contributed by atoms with E-state index in [1.807, 2.05) is 54.6 Å². The number of amidine groups is 1. The van der Waals surface area contributed by atoms with E-state index in [1.54, 1.807) is 18.6 Å². The molecule has 1 aliphatic rings. The maximum atomic E-state index is 8.25. The molecule has 0 bridgehead atoms. The average molecular weight is 1310 g/mol. The maximum absolute atomic E-state index is 8.25. The van der Waals surface area contributed by atoms with Crippen LogP contribution in [0.25, 0.3) is 0 Å². The molecule has 9 aromatic rings. The average Bonchev–Trinajstić information content (AvgIpc) is 3.90. The molecule has 3 aromatic heterocycles. The molecule has 0 amide bonds. The standard InChI is InChI=1S/C18H15N5.2C18H15P.3CHCl3.Cu.NO3/c1-4-10-19-13(7-1)16-17(14-8-2-5-11-20-14)23-18(22-16)15-9-3-6-12-21-15;2*1-4-10-16(11-5-1)19(17-12-6-2-7-13-17)18-14-8-3-9-15-18;3*2-1(3)4;;2-1(3)4/h1-12,16-17H,(H,22,23);2*1-15H;3*1H;;/q;;;;;;+1;-1/p+2/t16-,17+;;;;;;;. The van der Waals surface area contributed by atoms with Crippen LogP contribution in [0.1, 0.15) is 29.2 Å². The van der Waals surface area contributed by atoms with Gasteiger partial charge in [0, 0.05) is 18.6 Å². The van der Waals surface area contributed by atoms with Crippen molar-refractivity contribution in [3.63, 3.8) is 0 Å². The third kappa shape index (κ3) is 26.6. The second kappa shape index (κ2) is 39.7. The molecular formula is C57H50Cl9CuN6O3P2+2. The van der Waals surface area contributed by atoms with Crippen molar-refractivity contribution < 1.29 is 22.2 Å². The number of benzene rings is 6. The van der Waals surface area contributed by atoms with Crippen LogP contribution in [0.3, 0.4) is 0 Å². The van der Waals surface area contributed by atoms with Crippen molar-refractivity contribution in [3.05, 3.63) is 288 Å². The molecule has 408 valence electrons. The summed E-state index contributed by atoms with van der Waals surface area (Å²) in [5.74, 6) is 0.775. The van der Waals surface area contributed by atoms with Gasteiger partial charge in [-0.3, -0.25) is 19.9 Å². The summed E-state index contributed by atoms with van der Waals surface area (Å²) in [5, 5.41) is 26.8. The molecule has 1 aliphatic heterocycles. The van der Waals surface area contributed by atoms with Gasteiger partial charge in [0.15, 0.2) is 12.9 Å². The number of alkyl halides is 9. The van der Waals surface area contributed by atoms with Crippen molar-refractivity contribution in [2.45, 2.75) is 25.0 Å². The predicted octanol–water partition coefficient (Wildman–Crippen LogP) is 14.8. The Kier molecular flexibility index (Phi) is 34.5. The number of aliphatic imine (C=N–C) groups is 1. The fourth-order valence-electron chi connectivity index (χ4n) is 7.33. The number of pyridine rings is 3. The SMILES string of the molecule is ClC(Cl)Cl.ClC(Cl)Cl.ClC(Cl)Cl.O=[N+]([O-])[O-].[Cu+].c1ccc(C2=N[C@@H](c3ccccn3)[C@@H](c3ccccn3)N2)nc1.c1ccc([PH+](c2ccccc2)c2ccccc2)cc1.c1ccc([PH+](c2ccccc2)c2ccccc2)cc1. The minimum atomic E-state index is -1.75. The zero-order valence-electron chi connectivity index (χ0n) is 40.8. The number of halogens is 9. The normalized spacial score (nSPS) is 12.7. The van der Waals surface area contributed by atoms with E-state index in [1.165, 1.54) is 31.8 Å². The van der Waals surface area contributed by atoms with Crippen LogP contribution in [0.4, 0.5) is 0 Å². The Morgan fingerprint density at radius 2 is 0.628 bits per heavy atom. The van der Waals surface area contributed by atoms with Crippen molar-refractivity contribution in [1.82, 2.24) is 20.3 Å². The third-order valence-electron chi connectivity index (χ3n) is 10.2. The van der Waals surface area contributed by atoms with Crippen molar-refractivity contribution in [3.8, 4) is 0 Å². The molecule has 10 rings (SSSR count). The van der Waals surface area contributed by atoms with Crippen molar-refractivity contribution >= 4 is 158 Å². The van der Waals surface area contributed by atoms with E-state index in [4.69, 9.17) is 125 Å². The van der Waals surface area contributed by atoms with E-state index in [-0.39, 0.29) is 29.2 Å². The van der Waals surface area contributed by atoms with E-state index >= 15 is 0 Å². The second-order valence-electron chi connectivity index (χ2n) is 15.2. The fraction of sp³-hybridized carbons (Fsp3) is 0.0877. The number of rotatable bonds is 9. The molecule has 0 saturated carbocycles. The Hall–Kier alpha value is -4.57. The Labute approximate surface area is 513 Å². The molecule has 9 nitrogen and oxygen atoms in total. The van der Waals surface area contributed by atoms with Gasteiger partial charge in [-0.1, -0.05) is 232 Å². The number of hydrogen-bond donors (Lipinski definition) is 1. The molecule has 4 heterocycles. The zero-order valence-corrected chi connectivity index (χ0v) is 50.5. The minimum absolute atomic E-state index is 0. The van der Waals surface area contributed by atoms with Crippen molar-refractivity contribution in [2.75, 3.05) is 0 Å². The molecule has 0 unspecified atom stereocenters. The summed E-state index contributed by atoms with van der Waals surface area (Å²) in [7, 11) is -1.75. The summed E-state index contributed by atoms with van der Waals surface area (Å²) in [5.41, 5.74) is 2.69.